The average molecular weight is 313 g/mol. The smallest absolute Gasteiger partial charge is 0.104 e. The molecule has 0 bridgehead atoms. The number of hydrogen-bond acceptors (Lipinski definition) is 2. The number of hydrogen-bond donors (Lipinski definition) is 2. The molecule has 0 fully saturated rings. The monoisotopic (exact) mass is 312 g/mol. The van der Waals surface area contributed by atoms with E-state index in [0.717, 1.165) is 22.3 Å². The van der Waals surface area contributed by atoms with Crippen LogP contribution < -0.4 is 11.1 Å². The molecule has 3 N–H and O–H groups in total. The van der Waals surface area contributed by atoms with E-state index in [1.165, 1.54) is 5.39 Å². The van der Waals surface area contributed by atoms with E-state index in [9.17, 15) is 0 Å². The molecule has 0 aromatic heterocycles. The summed E-state index contributed by atoms with van der Waals surface area (Å²) in [5.41, 5.74) is 8.21. The van der Waals surface area contributed by atoms with Crippen molar-refractivity contribution < 1.29 is 0 Å². The SMILES string of the molecule is NC(=S)c1ccc(Nc2cccc3ccccc23)c(Cl)c1. The van der Waals surface area contributed by atoms with Crippen molar-refractivity contribution in [2.24, 2.45) is 5.73 Å². The number of thiocarbonyl (C=S) groups is 1. The molecule has 0 amide bonds. The Morgan fingerprint density at radius 3 is 2.48 bits per heavy atom. The summed E-state index contributed by atoms with van der Waals surface area (Å²) < 4.78 is 0. The Bertz CT molecular complexity index is 825. The van der Waals surface area contributed by atoms with Crippen molar-refractivity contribution in [2.75, 3.05) is 5.32 Å². The number of anilines is 2. The lowest BCUT2D eigenvalue weighted by molar-refractivity contribution is 1.55. The first-order valence-corrected chi connectivity index (χ1v) is 7.28. The van der Waals surface area contributed by atoms with Crippen molar-refractivity contribution in [3.8, 4) is 0 Å². The highest BCUT2D eigenvalue weighted by Crippen LogP contribution is 2.30. The molecule has 0 atom stereocenters. The van der Waals surface area contributed by atoms with Gasteiger partial charge in [0.2, 0.25) is 0 Å². The molecule has 0 spiro atoms. The van der Waals surface area contributed by atoms with Crippen molar-refractivity contribution in [1.29, 1.82) is 0 Å². The zero-order valence-corrected chi connectivity index (χ0v) is 12.7. The van der Waals surface area contributed by atoms with Crippen molar-refractivity contribution in [3.63, 3.8) is 0 Å². The second-order valence-electron chi connectivity index (χ2n) is 4.71. The Labute approximate surface area is 133 Å². The molecule has 0 radical (unpaired) electrons. The maximum atomic E-state index is 6.30. The maximum Gasteiger partial charge on any atom is 0.104 e. The van der Waals surface area contributed by atoms with Gasteiger partial charge in [-0.05, 0) is 29.7 Å². The van der Waals surface area contributed by atoms with E-state index in [4.69, 9.17) is 29.6 Å². The average Bonchev–Trinajstić information content (AvgIpc) is 2.49. The number of nitrogens with two attached hydrogens (primary N) is 1. The molecule has 3 rings (SSSR count). The van der Waals surface area contributed by atoms with E-state index >= 15 is 0 Å². The molecule has 3 aromatic carbocycles. The third-order valence-corrected chi connectivity index (χ3v) is 3.86. The van der Waals surface area contributed by atoms with E-state index in [1.54, 1.807) is 6.07 Å². The summed E-state index contributed by atoms with van der Waals surface area (Å²) in [6, 6.07) is 19.9. The Morgan fingerprint density at radius 2 is 1.71 bits per heavy atom. The Balaban J connectivity index is 2.01. The van der Waals surface area contributed by atoms with Crippen LogP contribution in [0.25, 0.3) is 10.8 Å². The van der Waals surface area contributed by atoms with E-state index in [2.05, 4.69) is 23.5 Å². The highest BCUT2D eigenvalue weighted by molar-refractivity contribution is 7.80. The van der Waals surface area contributed by atoms with Gasteiger partial charge in [0.1, 0.15) is 4.99 Å². The third kappa shape index (κ3) is 2.84. The van der Waals surface area contributed by atoms with Gasteiger partial charge in [0.25, 0.3) is 0 Å². The van der Waals surface area contributed by atoms with Crippen LogP contribution in [0, 0.1) is 0 Å². The molecule has 0 saturated carbocycles. The summed E-state index contributed by atoms with van der Waals surface area (Å²) in [4.78, 5) is 0.341. The van der Waals surface area contributed by atoms with E-state index in [0.29, 0.717) is 10.0 Å². The van der Waals surface area contributed by atoms with Gasteiger partial charge < -0.3 is 11.1 Å². The van der Waals surface area contributed by atoms with Crippen LogP contribution in [0.4, 0.5) is 11.4 Å². The quantitative estimate of drug-likeness (QED) is 0.677. The van der Waals surface area contributed by atoms with Crippen molar-refractivity contribution in [2.45, 2.75) is 0 Å². The van der Waals surface area contributed by atoms with Gasteiger partial charge in [-0.2, -0.15) is 0 Å². The Kier molecular flexibility index (Phi) is 3.78. The van der Waals surface area contributed by atoms with Gasteiger partial charge in [-0.25, -0.2) is 0 Å². The lowest BCUT2D eigenvalue weighted by atomic mass is 10.1. The van der Waals surface area contributed by atoms with Crippen LogP contribution in [-0.2, 0) is 0 Å². The largest absolute Gasteiger partial charge is 0.389 e. The summed E-state index contributed by atoms with van der Waals surface area (Å²) in [5.74, 6) is 0. The minimum Gasteiger partial charge on any atom is -0.389 e. The first-order valence-electron chi connectivity index (χ1n) is 6.49. The van der Waals surface area contributed by atoms with Crippen LogP contribution in [0.3, 0.4) is 0 Å². The van der Waals surface area contributed by atoms with Crippen LogP contribution in [0.1, 0.15) is 5.56 Å². The van der Waals surface area contributed by atoms with Gasteiger partial charge in [0, 0.05) is 16.6 Å². The maximum absolute atomic E-state index is 6.30. The molecule has 3 aromatic rings. The molecular formula is C17H13ClN2S. The summed E-state index contributed by atoms with van der Waals surface area (Å²) in [7, 11) is 0. The van der Waals surface area contributed by atoms with Crippen LogP contribution in [-0.4, -0.2) is 4.99 Å². The molecule has 21 heavy (non-hydrogen) atoms. The zero-order chi connectivity index (χ0) is 14.8. The number of benzene rings is 3. The summed E-state index contributed by atoms with van der Waals surface area (Å²) >= 11 is 11.3. The van der Waals surface area contributed by atoms with Crippen molar-refractivity contribution >= 4 is 51.0 Å². The second kappa shape index (κ2) is 5.72. The van der Waals surface area contributed by atoms with Gasteiger partial charge in [0.15, 0.2) is 0 Å². The zero-order valence-electron chi connectivity index (χ0n) is 11.1. The normalized spacial score (nSPS) is 10.5. The van der Waals surface area contributed by atoms with Gasteiger partial charge >= 0.3 is 0 Å². The number of rotatable bonds is 3. The standard InChI is InChI=1S/C17H13ClN2S/c18-14-10-12(17(19)21)8-9-16(14)20-15-7-3-5-11-4-1-2-6-13(11)15/h1-10,20H,(H2,19,21). The lowest BCUT2D eigenvalue weighted by Gasteiger charge is -2.12. The first-order chi connectivity index (χ1) is 10.1. The van der Waals surface area contributed by atoms with E-state index in [1.807, 2.05) is 36.4 Å². The topological polar surface area (TPSA) is 38.0 Å². The lowest BCUT2D eigenvalue weighted by Crippen LogP contribution is -2.09. The number of fused-ring (bicyclic) bond motifs is 1. The molecular weight excluding hydrogens is 300 g/mol. The molecule has 0 aliphatic rings. The molecule has 104 valence electrons. The van der Waals surface area contributed by atoms with Crippen LogP contribution in [0.5, 0.6) is 0 Å². The Hall–Kier alpha value is -2.10. The fourth-order valence-corrected chi connectivity index (χ4v) is 2.60. The minimum atomic E-state index is 0.341. The molecule has 0 unspecified atom stereocenters. The predicted octanol–water partition coefficient (Wildman–Crippen LogP) is 4.87. The second-order valence-corrected chi connectivity index (χ2v) is 5.56. The van der Waals surface area contributed by atoms with Crippen LogP contribution >= 0.6 is 23.8 Å². The molecule has 0 aliphatic heterocycles. The third-order valence-electron chi connectivity index (χ3n) is 3.31. The van der Waals surface area contributed by atoms with Gasteiger partial charge in [-0.1, -0.05) is 60.2 Å². The Morgan fingerprint density at radius 1 is 0.952 bits per heavy atom. The van der Waals surface area contributed by atoms with Crippen molar-refractivity contribution in [1.82, 2.24) is 0 Å². The van der Waals surface area contributed by atoms with Gasteiger partial charge in [-0.3, -0.25) is 0 Å². The molecule has 0 saturated heterocycles. The highest BCUT2D eigenvalue weighted by atomic mass is 35.5. The van der Waals surface area contributed by atoms with Crippen LogP contribution in [0.2, 0.25) is 5.02 Å². The number of halogens is 1. The van der Waals surface area contributed by atoms with E-state index in [-0.39, 0.29) is 0 Å². The van der Waals surface area contributed by atoms with Crippen LogP contribution in [0.15, 0.2) is 60.7 Å². The van der Waals surface area contributed by atoms with Gasteiger partial charge in [0.05, 0.1) is 10.7 Å². The summed E-state index contributed by atoms with van der Waals surface area (Å²) in [6.07, 6.45) is 0. The fraction of sp³-hybridized carbons (Fsp3) is 0. The van der Waals surface area contributed by atoms with Gasteiger partial charge in [-0.15, -0.1) is 0 Å². The molecule has 2 nitrogen and oxygen atoms in total. The fourth-order valence-electron chi connectivity index (χ4n) is 2.25. The van der Waals surface area contributed by atoms with Crippen molar-refractivity contribution in [3.05, 3.63) is 71.2 Å². The molecule has 4 heteroatoms. The first kappa shape index (κ1) is 13.9. The minimum absolute atomic E-state index is 0.341. The molecule has 0 aliphatic carbocycles. The summed E-state index contributed by atoms with van der Waals surface area (Å²) in [6.45, 7) is 0. The summed E-state index contributed by atoms with van der Waals surface area (Å²) in [5, 5.41) is 6.28. The predicted molar refractivity (Wildman–Crippen MR) is 94.6 cm³/mol. The number of nitrogens with one attached hydrogen (secondary N) is 1. The molecule has 0 heterocycles. The van der Waals surface area contributed by atoms with E-state index < -0.39 is 0 Å². The highest BCUT2D eigenvalue weighted by Gasteiger charge is 2.06.